The second-order valence-electron chi connectivity index (χ2n) is 2.15. The van der Waals surface area contributed by atoms with E-state index in [0.29, 0.717) is 10.2 Å². The number of nitrogen functional groups attached to an aromatic ring is 1. The highest BCUT2D eigenvalue weighted by molar-refractivity contribution is 7.22. The summed E-state index contributed by atoms with van der Waals surface area (Å²) in [6.07, 6.45) is 0. The van der Waals surface area contributed by atoms with Crippen molar-refractivity contribution >= 4 is 50.6 Å². The molecule has 0 saturated heterocycles. The van der Waals surface area contributed by atoms with Crippen LogP contribution in [0.15, 0.2) is 6.07 Å². The van der Waals surface area contributed by atoms with Gasteiger partial charge < -0.3 is 5.73 Å². The molecule has 3 nitrogen and oxygen atoms in total. The van der Waals surface area contributed by atoms with Crippen molar-refractivity contribution in [1.29, 1.82) is 0 Å². The Balaban J connectivity index is 2.88. The Bertz CT molecular complexity index is 440. The molecule has 0 radical (unpaired) electrons. The maximum Gasteiger partial charge on any atom is 0.225 e. The molecule has 12 heavy (non-hydrogen) atoms. The van der Waals surface area contributed by atoms with Gasteiger partial charge in [-0.2, -0.15) is 0 Å². The first-order valence-corrected chi connectivity index (χ1v) is 4.62. The Morgan fingerprint density at radius 3 is 2.83 bits per heavy atom. The molecule has 6 heteroatoms. The normalized spacial score (nSPS) is 10.8. The number of aromatic nitrogens is 2. The molecule has 0 atom stereocenters. The number of hydrogen-bond acceptors (Lipinski definition) is 4. The highest BCUT2D eigenvalue weighted by Gasteiger charge is 2.06. The molecular weight excluding hydrogens is 217 g/mol. The molecule has 0 amide bonds. The first-order chi connectivity index (χ1) is 5.66. The van der Waals surface area contributed by atoms with E-state index in [0.717, 1.165) is 10.2 Å². The molecular formula is C6H3Cl2N3S. The van der Waals surface area contributed by atoms with Gasteiger partial charge in [0.25, 0.3) is 0 Å². The van der Waals surface area contributed by atoms with Gasteiger partial charge in [0.15, 0.2) is 0 Å². The smallest absolute Gasteiger partial charge is 0.225 e. The molecule has 0 spiro atoms. The summed E-state index contributed by atoms with van der Waals surface area (Å²) in [5.41, 5.74) is 5.58. The Morgan fingerprint density at radius 1 is 1.33 bits per heavy atom. The number of anilines is 1. The van der Waals surface area contributed by atoms with Gasteiger partial charge in [0, 0.05) is 0 Å². The molecule has 0 aliphatic heterocycles. The molecule has 62 valence electrons. The molecule has 2 rings (SSSR count). The van der Waals surface area contributed by atoms with Crippen molar-refractivity contribution < 1.29 is 0 Å². The van der Waals surface area contributed by atoms with E-state index in [9.17, 15) is 0 Å². The van der Waals surface area contributed by atoms with Crippen molar-refractivity contribution in [3.63, 3.8) is 0 Å². The van der Waals surface area contributed by atoms with Crippen LogP contribution >= 0.6 is 34.5 Å². The molecule has 2 heterocycles. The van der Waals surface area contributed by atoms with E-state index >= 15 is 0 Å². The summed E-state index contributed by atoms with van der Waals surface area (Å²) >= 11 is 12.7. The number of fused-ring (bicyclic) bond motifs is 1. The number of halogens is 2. The average Bonchev–Trinajstić information content (AvgIpc) is 2.29. The molecule has 2 aromatic heterocycles. The Hall–Kier alpha value is -0.580. The summed E-state index contributed by atoms with van der Waals surface area (Å²) in [6, 6.07) is 1.73. The van der Waals surface area contributed by atoms with Crippen LogP contribution in [0.25, 0.3) is 10.2 Å². The zero-order valence-electron chi connectivity index (χ0n) is 5.71. The third-order valence-electron chi connectivity index (χ3n) is 1.36. The largest absolute Gasteiger partial charge is 0.383 e. The topological polar surface area (TPSA) is 51.8 Å². The number of thiophene rings is 1. The van der Waals surface area contributed by atoms with Gasteiger partial charge in [0.05, 0.1) is 9.72 Å². The minimum atomic E-state index is 0.151. The average molecular weight is 220 g/mol. The van der Waals surface area contributed by atoms with Crippen LogP contribution in [0.4, 0.5) is 5.82 Å². The lowest BCUT2D eigenvalue weighted by Gasteiger charge is -1.93. The zero-order chi connectivity index (χ0) is 8.72. The summed E-state index contributed by atoms with van der Waals surface area (Å²) in [6.45, 7) is 0. The van der Waals surface area contributed by atoms with Crippen molar-refractivity contribution in [3.05, 3.63) is 15.7 Å². The van der Waals surface area contributed by atoms with Gasteiger partial charge in [-0.3, -0.25) is 0 Å². The van der Waals surface area contributed by atoms with Crippen LogP contribution in [0.1, 0.15) is 0 Å². The second-order valence-corrected chi connectivity index (χ2v) is 4.15. The van der Waals surface area contributed by atoms with Crippen LogP contribution in [0.2, 0.25) is 9.62 Å². The minimum absolute atomic E-state index is 0.151. The fraction of sp³-hybridized carbons (Fsp3) is 0. The summed E-state index contributed by atoms with van der Waals surface area (Å²) in [7, 11) is 0. The number of rotatable bonds is 0. The quantitative estimate of drug-likeness (QED) is 0.694. The van der Waals surface area contributed by atoms with Crippen molar-refractivity contribution in [2.24, 2.45) is 0 Å². The zero-order valence-corrected chi connectivity index (χ0v) is 8.04. The van der Waals surface area contributed by atoms with E-state index < -0.39 is 0 Å². The van der Waals surface area contributed by atoms with Gasteiger partial charge in [-0.05, 0) is 17.7 Å². The lowest BCUT2D eigenvalue weighted by atomic mass is 10.4. The van der Waals surface area contributed by atoms with Crippen molar-refractivity contribution in [1.82, 2.24) is 9.97 Å². The molecule has 0 aliphatic rings. The van der Waals surface area contributed by atoms with Crippen molar-refractivity contribution in [2.75, 3.05) is 5.73 Å². The van der Waals surface area contributed by atoms with E-state index in [4.69, 9.17) is 28.9 Å². The molecule has 0 bridgehead atoms. The van der Waals surface area contributed by atoms with E-state index in [1.165, 1.54) is 11.3 Å². The van der Waals surface area contributed by atoms with Crippen molar-refractivity contribution in [2.45, 2.75) is 0 Å². The van der Waals surface area contributed by atoms with Crippen LogP contribution in [0.5, 0.6) is 0 Å². The summed E-state index contributed by atoms with van der Waals surface area (Å²) in [5, 5.41) is 0.910. The highest BCUT2D eigenvalue weighted by atomic mass is 35.5. The van der Waals surface area contributed by atoms with Crippen LogP contribution in [0.3, 0.4) is 0 Å². The maximum absolute atomic E-state index is 5.76. The molecule has 0 unspecified atom stereocenters. The Kier molecular flexibility index (Phi) is 1.83. The third kappa shape index (κ3) is 1.22. The van der Waals surface area contributed by atoms with E-state index in [1.807, 2.05) is 0 Å². The molecule has 2 N–H and O–H groups in total. The standard InChI is InChI=1S/C6H3Cl2N3S/c7-3-1-2-4(9)10-6(8)11-5(2)12-3/h1H,(H2,9,10,11). The fourth-order valence-corrected chi connectivity index (χ4v) is 2.21. The number of hydrogen-bond donors (Lipinski definition) is 1. The van der Waals surface area contributed by atoms with Crippen LogP contribution in [-0.4, -0.2) is 9.97 Å². The number of nitrogens with zero attached hydrogens (tertiary/aromatic N) is 2. The predicted molar refractivity (Wildman–Crippen MR) is 51.8 cm³/mol. The van der Waals surface area contributed by atoms with Gasteiger partial charge in [-0.25, -0.2) is 9.97 Å². The molecule has 2 aromatic rings. The van der Waals surface area contributed by atoms with Gasteiger partial charge in [-0.15, -0.1) is 11.3 Å². The van der Waals surface area contributed by atoms with Crippen molar-refractivity contribution in [3.8, 4) is 0 Å². The summed E-state index contributed by atoms with van der Waals surface area (Å²) in [4.78, 5) is 8.48. The lowest BCUT2D eigenvalue weighted by Crippen LogP contribution is -1.92. The van der Waals surface area contributed by atoms with Crippen LogP contribution in [-0.2, 0) is 0 Å². The first-order valence-electron chi connectivity index (χ1n) is 3.05. The molecule has 0 aliphatic carbocycles. The van der Waals surface area contributed by atoms with E-state index in [2.05, 4.69) is 9.97 Å². The maximum atomic E-state index is 5.76. The Morgan fingerprint density at radius 2 is 2.08 bits per heavy atom. The predicted octanol–water partition coefficient (Wildman–Crippen LogP) is 2.58. The fourth-order valence-electron chi connectivity index (χ4n) is 0.887. The van der Waals surface area contributed by atoms with Gasteiger partial charge in [0.1, 0.15) is 10.6 Å². The van der Waals surface area contributed by atoms with E-state index in [1.54, 1.807) is 6.07 Å². The van der Waals surface area contributed by atoms with Gasteiger partial charge >= 0.3 is 0 Å². The van der Waals surface area contributed by atoms with Gasteiger partial charge in [0.2, 0.25) is 5.28 Å². The molecule has 0 aromatic carbocycles. The SMILES string of the molecule is Nc1nc(Cl)nc2sc(Cl)cc12. The minimum Gasteiger partial charge on any atom is -0.383 e. The first kappa shape index (κ1) is 8.04. The monoisotopic (exact) mass is 219 g/mol. The molecule has 0 saturated carbocycles. The lowest BCUT2D eigenvalue weighted by molar-refractivity contribution is 1.24. The third-order valence-corrected chi connectivity index (χ3v) is 2.69. The Labute approximate surface area is 82.1 Å². The number of nitrogens with two attached hydrogens (primary N) is 1. The van der Waals surface area contributed by atoms with E-state index in [-0.39, 0.29) is 5.28 Å². The van der Waals surface area contributed by atoms with Gasteiger partial charge in [-0.1, -0.05) is 11.6 Å². The molecule has 0 fully saturated rings. The summed E-state index contributed by atoms with van der Waals surface area (Å²) < 4.78 is 0.633. The highest BCUT2D eigenvalue weighted by Crippen LogP contribution is 2.31. The van der Waals surface area contributed by atoms with Crippen LogP contribution < -0.4 is 5.73 Å². The second kappa shape index (κ2) is 2.73. The summed E-state index contributed by atoms with van der Waals surface area (Å²) in [5.74, 6) is 0.369. The van der Waals surface area contributed by atoms with Crippen LogP contribution in [0, 0.1) is 0 Å².